The third kappa shape index (κ3) is 6.19. The maximum atomic E-state index is 13.2. The number of alkyl halides is 3. The van der Waals surface area contributed by atoms with Gasteiger partial charge in [0.1, 0.15) is 5.82 Å². The Morgan fingerprint density at radius 1 is 0.917 bits per heavy atom. The fourth-order valence-electron chi connectivity index (χ4n) is 3.68. The van der Waals surface area contributed by atoms with E-state index >= 15 is 0 Å². The first-order valence-corrected chi connectivity index (χ1v) is 11.3. The number of hydrogen-bond donors (Lipinski definition) is 3. The highest BCUT2D eigenvalue weighted by atomic mass is 19.4. The second kappa shape index (κ2) is 10.4. The number of hydrogen-bond acceptors (Lipinski definition) is 7. The van der Waals surface area contributed by atoms with E-state index in [1.54, 1.807) is 25.1 Å². The summed E-state index contributed by atoms with van der Waals surface area (Å²) in [7, 11) is 0. The molecule has 0 bridgehead atoms. The van der Waals surface area contributed by atoms with Gasteiger partial charge in [0.2, 0.25) is 11.9 Å². The van der Waals surface area contributed by atoms with E-state index < -0.39 is 17.8 Å². The van der Waals surface area contributed by atoms with Crippen LogP contribution in [-0.2, 0) is 10.9 Å². The molecule has 0 spiro atoms. The van der Waals surface area contributed by atoms with E-state index in [4.69, 9.17) is 4.74 Å². The smallest absolute Gasteiger partial charge is 0.378 e. The molecular weight excluding hydrogens is 475 g/mol. The van der Waals surface area contributed by atoms with E-state index in [2.05, 4.69) is 30.9 Å². The number of rotatable bonds is 5. The SMILES string of the molecule is Cc1nc(Nc2cc(NC(=O)Nc3ccc(C)c(C(F)(F)F)c3)ccc2C)nc(N2CCOCC2)n1. The molecule has 190 valence electrons. The van der Waals surface area contributed by atoms with Crippen molar-refractivity contribution >= 4 is 35.0 Å². The predicted molar refractivity (Wildman–Crippen MR) is 131 cm³/mol. The van der Waals surface area contributed by atoms with Crippen LogP contribution in [-0.4, -0.2) is 47.3 Å². The first-order valence-electron chi connectivity index (χ1n) is 11.3. The van der Waals surface area contributed by atoms with Gasteiger partial charge in [-0.25, -0.2) is 4.79 Å². The molecule has 2 aromatic carbocycles. The molecule has 0 atom stereocenters. The van der Waals surface area contributed by atoms with Crippen LogP contribution in [0, 0.1) is 20.8 Å². The van der Waals surface area contributed by atoms with Gasteiger partial charge in [-0.05, 0) is 56.2 Å². The number of carbonyl (C=O) groups excluding carboxylic acids is 1. The number of anilines is 5. The second-order valence-electron chi connectivity index (χ2n) is 8.37. The Labute approximate surface area is 206 Å². The highest BCUT2D eigenvalue weighted by molar-refractivity contribution is 6.00. The van der Waals surface area contributed by atoms with Gasteiger partial charge in [-0.1, -0.05) is 12.1 Å². The molecule has 12 heteroatoms. The van der Waals surface area contributed by atoms with Crippen LogP contribution in [0.4, 0.5) is 46.9 Å². The lowest BCUT2D eigenvalue weighted by atomic mass is 10.1. The fraction of sp³-hybridized carbons (Fsp3) is 0.333. The molecule has 1 aliphatic rings. The van der Waals surface area contributed by atoms with Crippen molar-refractivity contribution in [3.8, 4) is 0 Å². The maximum Gasteiger partial charge on any atom is 0.416 e. The predicted octanol–water partition coefficient (Wildman–Crippen LogP) is 5.04. The lowest BCUT2D eigenvalue weighted by molar-refractivity contribution is -0.138. The van der Waals surface area contributed by atoms with Crippen LogP contribution in [0.1, 0.15) is 22.5 Å². The molecule has 36 heavy (non-hydrogen) atoms. The van der Waals surface area contributed by atoms with E-state index in [1.807, 2.05) is 11.8 Å². The lowest BCUT2D eigenvalue weighted by Crippen LogP contribution is -2.37. The van der Waals surface area contributed by atoms with Gasteiger partial charge in [0.15, 0.2) is 0 Å². The van der Waals surface area contributed by atoms with Gasteiger partial charge in [-0.3, -0.25) is 0 Å². The quantitative estimate of drug-likeness (QED) is 0.450. The van der Waals surface area contributed by atoms with Gasteiger partial charge in [0.05, 0.1) is 18.8 Å². The number of halogens is 3. The highest BCUT2D eigenvalue weighted by Gasteiger charge is 2.32. The molecule has 3 N–H and O–H groups in total. The number of aromatic nitrogens is 3. The van der Waals surface area contributed by atoms with Crippen LogP contribution in [0.25, 0.3) is 0 Å². The molecule has 0 aliphatic carbocycles. The summed E-state index contributed by atoms with van der Waals surface area (Å²) >= 11 is 0. The van der Waals surface area contributed by atoms with Crippen molar-refractivity contribution < 1.29 is 22.7 Å². The summed E-state index contributed by atoms with van der Waals surface area (Å²) in [6.07, 6.45) is -4.51. The molecule has 9 nitrogen and oxygen atoms in total. The number of ether oxygens (including phenoxy) is 1. The van der Waals surface area contributed by atoms with E-state index in [-0.39, 0.29) is 11.3 Å². The average Bonchev–Trinajstić information content (AvgIpc) is 2.82. The lowest BCUT2D eigenvalue weighted by Gasteiger charge is -2.27. The van der Waals surface area contributed by atoms with Crippen molar-refractivity contribution in [2.45, 2.75) is 26.9 Å². The number of benzene rings is 2. The van der Waals surface area contributed by atoms with Crippen molar-refractivity contribution in [1.29, 1.82) is 0 Å². The Bertz CT molecular complexity index is 1260. The molecule has 1 fully saturated rings. The number of aryl methyl sites for hydroxylation is 3. The minimum atomic E-state index is -4.51. The molecule has 1 saturated heterocycles. The Kier molecular flexibility index (Phi) is 7.25. The van der Waals surface area contributed by atoms with Crippen LogP contribution in [0.15, 0.2) is 36.4 Å². The van der Waals surface area contributed by atoms with E-state index in [1.165, 1.54) is 19.1 Å². The Morgan fingerprint density at radius 3 is 2.22 bits per heavy atom. The minimum Gasteiger partial charge on any atom is -0.378 e. The van der Waals surface area contributed by atoms with Gasteiger partial charge >= 0.3 is 12.2 Å². The Hall–Kier alpha value is -3.93. The molecule has 2 amide bonds. The fourth-order valence-corrected chi connectivity index (χ4v) is 3.68. The summed E-state index contributed by atoms with van der Waals surface area (Å²) in [5, 5.41) is 8.26. The summed E-state index contributed by atoms with van der Waals surface area (Å²) in [5.74, 6) is 1.46. The number of nitrogens with zero attached hydrogens (tertiary/aromatic N) is 4. The van der Waals surface area contributed by atoms with E-state index in [0.717, 1.165) is 11.6 Å². The molecule has 1 aromatic heterocycles. The first-order chi connectivity index (χ1) is 17.1. The third-order valence-electron chi connectivity index (χ3n) is 5.57. The number of nitrogens with one attached hydrogen (secondary N) is 3. The van der Waals surface area contributed by atoms with E-state index in [0.29, 0.717) is 55.4 Å². The minimum absolute atomic E-state index is 0.0344. The van der Waals surface area contributed by atoms with Crippen molar-refractivity contribution in [3.63, 3.8) is 0 Å². The van der Waals surface area contributed by atoms with Gasteiger partial charge in [-0.2, -0.15) is 28.1 Å². The normalized spacial score (nSPS) is 13.9. The van der Waals surface area contributed by atoms with Crippen molar-refractivity contribution in [1.82, 2.24) is 15.0 Å². The standard InChI is InChI=1S/C24H26F3N7O2/c1-14-4-6-17(12-19(14)24(25,26)27)30-23(35)31-18-7-5-15(2)20(13-18)32-21-28-16(3)29-22(33-21)34-8-10-36-11-9-34/h4-7,12-13H,8-11H2,1-3H3,(H2,30,31,35)(H,28,29,32,33). The van der Waals surface area contributed by atoms with Gasteiger partial charge in [0.25, 0.3) is 0 Å². The summed E-state index contributed by atoms with van der Waals surface area (Å²) in [4.78, 5) is 27.8. The summed E-state index contributed by atoms with van der Waals surface area (Å²) in [6, 6.07) is 8.14. The van der Waals surface area contributed by atoms with E-state index in [9.17, 15) is 18.0 Å². The van der Waals surface area contributed by atoms with Crippen molar-refractivity contribution in [2.24, 2.45) is 0 Å². The summed E-state index contributed by atoms with van der Waals surface area (Å²) < 4.78 is 44.9. The largest absolute Gasteiger partial charge is 0.416 e. The number of morpholine rings is 1. The average molecular weight is 502 g/mol. The second-order valence-corrected chi connectivity index (χ2v) is 8.37. The number of amides is 2. The van der Waals surface area contributed by atoms with Crippen molar-refractivity contribution in [3.05, 3.63) is 58.9 Å². The number of carbonyl (C=O) groups is 1. The zero-order valence-electron chi connectivity index (χ0n) is 20.0. The van der Waals surface area contributed by atoms with Crippen LogP contribution in [0.5, 0.6) is 0 Å². The van der Waals surface area contributed by atoms with Crippen LogP contribution >= 0.6 is 0 Å². The monoisotopic (exact) mass is 501 g/mol. The van der Waals surface area contributed by atoms with Crippen molar-refractivity contribution in [2.75, 3.05) is 47.2 Å². The zero-order chi connectivity index (χ0) is 25.9. The number of urea groups is 1. The summed E-state index contributed by atoms with van der Waals surface area (Å²) in [6.45, 7) is 7.59. The molecule has 0 unspecified atom stereocenters. The molecule has 0 saturated carbocycles. The van der Waals surface area contributed by atoms with Crippen LogP contribution < -0.4 is 20.9 Å². The molecule has 3 aromatic rings. The van der Waals surface area contributed by atoms with Gasteiger partial charge < -0.3 is 25.6 Å². The highest BCUT2D eigenvalue weighted by Crippen LogP contribution is 2.33. The molecular formula is C24H26F3N7O2. The van der Waals surface area contributed by atoms with Gasteiger partial charge in [-0.15, -0.1) is 0 Å². The molecule has 1 aliphatic heterocycles. The zero-order valence-corrected chi connectivity index (χ0v) is 20.0. The maximum absolute atomic E-state index is 13.2. The molecule has 0 radical (unpaired) electrons. The Morgan fingerprint density at radius 2 is 1.56 bits per heavy atom. The molecule has 4 rings (SSSR count). The van der Waals surface area contributed by atoms with Crippen LogP contribution in [0.2, 0.25) is 0 Å². The van der Waals surface area contributed by atoms with Crippen LogP contribution in [0.3, 0.4) is 0 Å². The summed E-state index contributed by atoms with van der Waals surface area (Å²) in [5.41, 5.74) is 1.27. The first kappa shape index (κ1) is 25.2. The molecule has 2 heterocycles. The topological polar surface area (TPSA) is 104 Å². The van der Waals surface area contributed by atoms with Gasteiger partial charge in [0, 0.05) is 30.2 Å². The third-order valence-corrected chi connectivity index (χ3v) is 5.57. The Balaban J connectivity index is 1.47.